The summed E-state index contributed by atoms with van der Waals surface area (Å²) in [4.78, 5) is 2.02. The fraction of sp³-hybridized carbons (Fsp3) is 0.400. The van der Waals surface area contributed by atoms with Crippen molar-refractivity contribution in [2.75, 3.05) is 24.1 Å². The molecule has 0 aliphatic rings. The third-order valence-electron chi connectivity index (χ3n) is 4.26. The maximum absolute atomic E-state index is 11.3. The molecule has 0 aliphatic heterocycles. The van der Waals surface area contributed by atoms with Crippen LogP contribution in [0.15, 0.2) is 42.5 Å². The summed E-state index contributed by atoms with van der Waals surface area (Å²) in [6.07, 6.45) is 0.511. The van der Waals surface area contributed by atoms with E-state index in [1.807, 2.05) is 24.0 Å². The zero-order chi connectivity index (χ0) is 21.6. The van der Waals surface area contributed by atoms with Crippen molar-refractivity contribution in [3.63, 3.8) is 0 Å². The number of anilines is 1. The molecule has 2 unspecified atom stereocenters. The average molecular weight is 461 g/mol. The van der Waals surface area contributed by atoms with Gasteiger partial charge in [-0.1, -0.05) is 36.2 Å². The lowest BCUT2D eigenvalue weighted by Gasteiger charge is -2.33. The van der Waals surface area contributed by atoms with E-state index >= 15 is 0 Å². The van der Waals surface area contributed by atoms with Gasteiger partial charge in [0.25, 0.3) is 0 Å². The third-order valence-corrected chi connectivity index (χ3v) is 5.61. The molecule has 0 radical (unpaired) electrons. The zero-order valence-electron chi connectivity index (χ0n) is 16.6. The maximum Gasteiger partial charge on any atom is 0.229 e. The molecule has 29 heavy (non-hydrogen) atoms. The molecule has 6 nitrogen and oxygen atoms in total. The molecule has 2 atom stereocenters. The number of likely N-dealkylation sites (N-methyl/N-ethyl adjacent to an activating group) is 1. The first-order valence-electron chi connectivity index (χ1n) is 9.19. The van der Waals surface area contributed by atoms with Gasteiger partial charge in [0, 0.05) is 12.2 Å². The molecule has 160 valence electrons. The molecule has 2 N–H and O–H groups in total. The average Bonchev–Trinajstić information content (AvgIpc) is 2.64. The fourth-order valence-electron chi connectivity index (χ4n) is 2.87. The summed E-state index contributed by atoms with van der Waals surface area (Å²) in [5, 5.41) is 11.3. The number of nitrogens with zero attached hydrogens (tertiary/aromatic N) is 1. The van der Waals surface area contributed by atoms with Gasteiger partial charge in [0.15, 0.2) is 6.23 Å². The molecular weight excluding hydrogens is 435 g/mol. The van der Waals surface area contributed by atoms with Crippen molar-refractivity contribution in [1.29, 1.82) is 0 Å². The molecule has 0 fully saturated rings. The fourth-order valence-corrected chi connectivity index (χ4v) is 3.75. The number of halogens is 2. The normalized spacial score (nSPS) is 13.9. The summed E-state index contributed by atoms with van der Waals surface area (Å²) >= 11 is 12.0. The van der Waals surface area contributed by atoms with Crippen molar-refractivity contribution in [2.45, 2.75) is 32.6 Å². The number of nitrogens with one attached hydrogen (secondary N) is 1. The smallest absolute Gasteiger partial charge is 0.229 e. The van der Waals surface area contributed by atoms with Gasteiger partial charge in [-0.15, -0.1) is 0 Å². The Kier molecular flexibility index (Phi) is 8.60. The lowest BCUT2D eigenvalue weighted by molar-refractivity contribution is -0.0557. The molecule has 0 aromatic heterocycles. The van der Waals surface area contributed by atoms with Gasteiger partial charge >= 0.3 is 0 Å². The number of hydrogen-bond donors (Lipinski definition) is 2. The van der Waals surface area contributed by atoms with Crippen LogP contribution in [0, 0.1) is 0 Å². The minimum atomic E-state index is -3.34. The van der Waals surface area contributed by atoms with Gasteiger partial charge in [0.05, 0.1) is 16.3 Å². The van der Waals surface area contributed by atoms with Gasteiger partial charge in [0.1, 0.15) is 11.9 Å². The van der Waals surface area contributed by atoms with Gasteiger partial charge < -0.3 is 9.84 Å². The number of rotatable bonds is 10. The molecule has 2 aromatic rings. The molecule has 9 heteroatoms. The molecule has 0 saturated heterocycles. The molecular formula is C20H26Cl2N2O4S. The van der Waals surface area contributed by atoms with Gasteiger partial charge in [0.2, 0.25) is 10.0 Å². The Morgan fingerprint density at radius 2 is 1.79 bits per heavy atom. The molecule has 0 aliphatic carbocycles. The first-order valence-corrected chi connectivity index (χ1v) is 11.8. The highest BCUT2D eigenvalue weighted by Crippen LogP contribution is 2.24. The van der Waals surface area contributed by atoms with Gasteiger partial charge in [-0.2, -0.15) is 0 Å². The van der Waals surface area contributed by atoms with E-state index in [9.17, 15) is 13.5 Å². The minimum Gasteiger partial charge on any atom is -0.472 e. The van der Waals surface area contributed by atoms with Crippen LogP contribution in [-0.4, -0.2) is 50.1 Å². The van der Waals surface area contributed by atoms with Crippen molar-refractivity contribution in [2.24, 2.45) is 0 Å². The summed E-state index contributed by atoms with van der Waals surface area (Å²) in [6, 6.07) is 12.1. The minimum absolute atomic E-state index is 0.445. The van der Waals surface area contributed by atoms with E-state index in [1.54, 1.807) is 37.3 Å². The van der Waals surface area contributed by atoms with E-state index in [2.05, 4.69) is 4.72 Å². The lowest BCUT2D eigenvalue weighted by atomic mass is 10.1. The van der Waals surface area contributed by atoms with Crippen LogP contribution in [0.4, 0.5) is 5.69 Å². The first-order chi connectivity index (χ1) is 13.6. The molecule has 0 spiro atoms. The Morgan fingerprint density at radius 3 is 2.31 bits per heavy atom. The molecule has 2 rings (SSSR count). The van der Waals surface area contributed by atoms with Crippen LogP contribution in [0.2, 0.25) is 10.0 Å². The standard InChI is InChI=1S/C20H26Cl2N2O4S/c1-4-24(12-11-15-5-10-18(21)19(22)13-15)20(14(2)25)28-17-8-6-16(7-9-17)23-29(3,26)27/h5-10,13-14,20,23,25H,4,11-12H2,1-3H3. The Hall–Kier alpha value is -1.51. The van der Waals surface area contributed by atoms with E-state index in [0.29, 0.717) is 41.0 Å². The monoisotopic (exact) mass is 460 g/mol. The van der Waals surface area contributed by atoms with Crippen molar-refractivity contribution in [1.82, 2.24) is 4.90 Å². The lowest BCUT2D eigenvalue weighted by Crippen LogP contribution is -2.47. The maximum atomic E-state index is 11.3. The first kappa shape index (κ1) is 23.8. The van der Waals surface area contributed by atoms with E-state index in [-0.39, 0.29) is 0 Å². The molecule has 0 saturated carbocycles. The third kappa shape index (κ3) is 7.68. The topological polar surface area (TPSA) is 78.9 Å². The summed E-state index contributed by atoms with van der Waals surface area (Å²) in [7, 11) is -3.34. The predicted octanol–water partition coefficient (Wildman–Crippen LogP) is 4.02. The van der Waals surface area contributed by atoms with Crippen LogP contribution in [0.3, 0.4) is 0 Å². The second-order valence-corrected chi connectivity index (χ2v) is 9.34. The van der Waals surface area contributed by atoms with Crippen LogP contribution >= 0.6 is 23.2 Å². The SMILES string of the molecule is CCN(CCc1ccc(Cl)c(Cl)c1)C(Oc1ccc(NS(C)(=O)=O)cc1)C(C)O. The number of ether oxygens (including phenoxy) is 1. The van der Waals surface area contributed by atoms with E-state index < -0.39 is 22.4 Å². The van der Waals surface area contributed by atoms with E-state index in [1.165, 1.54) is 0 Å². The van der Waals surface area contributed by atoms with Crippen molar-refractivity contribution < 1.29 is 18.3 Å². The van der Waals surface area contributed by atoms with Crippen molar-refractivity contribution in [3.8, 4) is 5.75 Å². The second-order valence-electron chi connectivity index (χ2n) is 6.77. The van der Waals surface area contributed by atoms with Crippen molar-refractivity contribution in [3.05, 3.63) is 58.1 Å². The Balaban J connectivity index is 2.06. The van der Waals surface area contributed by atoms with Crippen LogP contribution in [0.25, 0.3) is 0 Å². The van der Waals surface area contributed by atoms with E-state index in [4.69, 9.17) is 27.9 Å². The number of aliphatic hydroxyl groups excluding tert-OH is 1. The Morgan fingerprint density at radius 1 is 1.14 bits per heavy atom. The Labute approximate surface area is 182 Å². The highest BCUT2D eigenvalue weighted by atomic mass is 35.5. The Bertz CT molecular complexity index is 905. The molecule has 0 amide bonds. The van der Waals surface area contributed by atoms with Gasteiger partial charge in [-0.25, -0.2) is 8.42 Å². The quantitative estimate of drug-likeness (QED) is 0.523. The number of aliphatic hydroxyl groups is 1. The van der Waals surface area contributed by atoms with Crippen LogP contribution in [0.5, 0.6) is 5.75 Å². The van der Waals surface area contributed by atoms with Crippen LogP contribution in [0.1, 0.15) is 19.4 Å². The summed E-state index contributed by atoms with van der Waals surface area (Å²) in [6.45, 7) is 4.99. The van der Waals surface area contributed by atoms with Crippen LogP contribution in [-0.2, 0) is 16.4 Å². The van der Waals surface area contributed by atoms with Crippen LogP contribution < -0.4 is 9.46 Å². The highest BCUT2D eigenvalue weighted by molar-refractivity contribution is 7.92. The highest BCUT2D eigenvalue weighted by Gasteiger charge is 2.24. The predicted molar refractivity (Wildman–Crippen MR) is 118 cm³/mol. The summed E-state index contributed by atoms with van der Waals surface area (Å²) in [5.74, 6) is 0.530. The summed E-state index contributed by atoms with van der Waals surface area (Å²) < 4.78 is 31.0. The number of hydrogen-bond acceptors (Lipinski definition) is 5. The molecule has 0 bridgehead atoms. The zero-order valence-corrected chi connectivity index (χ0v) is 18.9. The largest absolute Gasteiger partial charge is 0.472 e. The van der Waals surface area contributed by atoms with Gasteiger partial charge in [-0.05, 0) is 61.9 Å². The molecule has 2 aromatic carbocycles. The number of sulfonamides is 1. The van der Waals surface area contributed by atoms with E-state index in [0.717, 1.165) is 11.8 Å². The van der Waals surface area contributed by atoms with Gasteiger partial charge in [-0.3, -0.25) is 9.62 Å². The van der Waals surface area contributed by atoms with Crippen molar-refractivity contribution >= 4 is 38.9 Å². The second kappa shape index (κ2) is 10.5. The molecule has 0 heterocycles. The number of benzene rings is 2. The summed E-state index contributed by atoms with van der Waals surface area (Å²) in [5.41, 5.74) is 1.49.